The third kappa shape index (κ3) is 3.08. The van der Waals surface area contributed by atoms with Gasteiger partial charge < -0.3 is 4.57 Å². The zero-order valence-corrected chi connectivity index (χ0v) is 16.2. The lowest BCUT2D eigenvalue weighted by atomic mass is 10.1. The highest BCUT2D eigenvalue weighted by atomic mass is 15.0. The van der Waals surface area contributed by atoms with Crippen LogP contribution >= 0.6 is 0 Å². The second-order valence-corrected chi connectivity index (χ2v) is 7.17. The van der Waals surface area contributed by atoms with Crippen LogP contribution in [0, 0.1) is 20.8 Å². The van der Waals surface area contributed by atoms with Gasteiger partial charge in [0.2, 0.25) is 0 Å². The number of nitrogens with zero attached hydrogens (tertiary/aromatic N) is 2. The van der Waals surface area contributed by atoms with E-state index in [1.54, 1.807) is 0 Å². The Morgan fingerprint density at radius 2 is 1.78 bits per heavy atom. The van der Waals surface area contributed by atoms with Crippen molar-refractivity contribution in [3.05, 3.63) is 95.3 Å². The summed E-state index contributed by atoms with van der Waals surface area (Å²) in [5, 5.41) is 1.28. The number of benzene rings is 2. The minimum Gasteiger partial charge on any atom is -0.338 e. The highest BCUT2D eigenvalue weighted by Crippen LogP contribution is 2.33. The number of rotatable bonds is 4. The number of pyridine rings is 1. The third-order valence-corrected chi connectivity index (χ3v) is 5.39. The molecule has 2 heterocycles. The molecule has 27 heavy (non-hydrogen) atoms. The minimum atomic E-state index is 0.849. The topological polar surface area (TPSA) is 17.8 Å². The second kappa shape index (κ2) is 6.88. The van der Waals surface area contributed by atoms with E-state index in [9.17, 15) is 0 Å². The maximum atomic E-state index is 4.76. The first-order valence-corrected chi connectivity index (χ1v) is 9.31. The average Bonchev–Trinajstić information content (AvgIpc) is 2.93. The SMILES string of the molecule is C=Cc1ccc(-c2nccc3c(C)c(C)n(Cc4cccc(C)c4)c23)cc1. The molecule has 2 aromatic carbocycles. The summed E-state index contributed by atoms with van der Waals surface area (Å²) in [4.78, 5) is 4.76. The molecule has 4 aromatic rings. The van der Waals surface area contributed by atoms with E-state index in [0.29, 0.717) is 0 Å². The highest BCUT2D eigenvalue weighted by molar-refractivity contribution is 5.95. The third-order valence-electron chi connectivity index (χ3n) is 5.39. The van der Waals surface area contributed by atoms with Crippen LogP contribution in [0.1, 0.15) is 27.9 Å². The fourth-order valence-electron chi connectivity index (χ4n) is 3.77. The summed E-state index contributed by atoms with van der Waals surface area (Å²) in [6.07, 6.45) is 3.79. The van der Waals surface area contributed by atoms with Crippen LogP contribution in [0.3, 0.4) is 0 Å². The van der Waals surface area contributed by atoms with Gasteiger partial charge in [-0.25, -0.2) is 0 Å². The van der Waals surface area contributed by atoms with Crippen LogP contribution in [0.15, 0.2) is 67.4 Å². The van der Waals surface area contributed by atoms with E-state index >= 15 is 0 Å². The quantitative estimate of drug-likeness (QED) is 0.420. The van der Waals surface area contributed by atoms with Crippen molar-refractivity contribution in [3.8, 4) is 11.3 Å². The van der Waals surface area contributed by atoms with Gasteiger partial charge in [-0.2, -0.15) is 0 Å². The molecule has 0 N–H and O–H groups in total. The molecule has 0 atom stereocenters. The Morgan fingerprint density at radius 3 is 2.48 bits per heavy atom. The lowest BCUT2D eigenvalue weighted by molar-refractivity contribution is 0.799. The summed E-state index contributed by atoms with van der Waals surface area (Å²) in [6.45, 7) is 11.2. The van der Waals surface area contributed by atoms with E-state index in [4.69, 9.17) is 4.98 Å². The van der Waals surface area contributed by atoms with Gasteiger partial charge in [0, 0.05) is 29.4 Å². The molecule has 0 spiro atoms. The highest BCUT2D eigenvalue weighted by Gasteiger charge is 2.16. The molecule has 134 valence electrons. The molecule has 0 aliphatic rings. The number of aryl methyl sites for hydroxylation is 2. The largest absolute Gasteiger partial charge is 0.338 e. The van der Waals surface area contributed by atoms with E-state index in [-0.39, 0.29) is 0 Å². The molecule has 0 bridgehead atoms. The Bertz CT molecular complexity index is 1130. The van der Waals surface area contributed by atoms with Crippen LogP contribution in [0.2, 0.25) is 0 Å². The summed E-state index contributed by atoms with van der Waals surface area (Å²) in [7, 11) is 0. The summed E-state index contributed by atoms with van der Waals surface area (Å²) in [5.74, 6) is 0. The molecule has 0 aliphatic heterocycles. The standard InChI is InChI=1S/C25H24N2/c1-5-20-9-11-22(12-10-20)24-25-23(13-14-26-24)18(3)19(4)27(25)16-21-8-6-7-17(2)15-21/h5-15H,1,16H2,2-4H3. The minimum absolute atomic E-state index is 0.849. The van der Waals surface area contributed by atoms with Gasteiger partial charge in [-0.3, -0.25) is 4.98 Å². The van der Waals surface area contributed by atoms with E-state index in [1.807, 2.05) is 12.3 Å². The van der Waals surface area contributed by atoms with Crippen molar-refractivity contribution in [2.24, 2.45) is 0 Å². The van der Waals surface area contributed by atoms with Crippen molar-refractivity contribution < 1.29 is 0 Å². The normalized spacial score (nSPS) is 11.1. The van der Waals surface area contributed by atoms with E-state index in [2.05, 4.69) is 86.5 Å². The van der Waals surface area contributed by atoms with Gasteiger partial charge in [0.1, 0.15) is 0 Å². The molecule has 0 unspecified atom stereocenters. The van der Waals surface area contributed by atoms with Gasteiger partial charge in [-0.1, -0.05) is 66.7 Å². The maximum Gasteiger partial charge on any atom is 0.0945 e. The Hall–Kier alpha value is -3.13. The summed E-state index contributed by atoms with van der Waals surface area (Å²) < 4.78 is 2.41. The smallest absolute Gasteiger partial charge is 0.0945 e. The monoisotopic (exact) mass is 352 g/mol. The molecule has 2 nitrogen and oxygen atoms in total. The Balaban J connectivity index is 1.92. The van der Waals surface area contributed by atoms with Crippen LogP contribution in [0.4, 0.5) is 0 Å². The van der Waals surface area contributed by atoms with Crippen LogP contribution < -0.4 is 0 Å². The van der Waals surface area contributed by atoms with Crippen molar-refractivity contribution in [2.75, 3.05) is 0 Å². The fourth-order valence-corrected chi connectivity index (χ4v) is 3.77. The first-order chi connectivity index (χ1) is 13.1. The molecule has 2 aromatic heterocycles. The summed E-state index contributed by atoms with van der Waals surface area (Å²) in [6, 6.07) is 19.3. The molecule has 0 saturated heterocycles. The fraction of sp³-hybridized carbons (Fsp3) is 0.160. The van der Waals surface area contributed by atoms with E-state index in [0.717, 1.165) is 23.4 Å². The first kappa shape index (κ1) is 17.3. The van der Waals surface area contributed by atoms with Crippen LogP contribution in [0.25, 0.3) is 28.2 Å². The van der Waals surface area contributed by atoms with Crippen LogP contribution in [-0.2, 0) is 6.54 Å². The lowest BCUT2D eigenvalue weighted by Crippen LogP contribution is -2.03. The Kier molecular flexibility index (Phi) is 4.41. The van der Waals surface area contributed by atoms with Gasteiger partial charge in [-0.05, 0) is 43.5 Å². The van der Waals surface area contributed by atoms with Crippen molar-refractivity contribution in [1.29, 1.82) is 0 Å². The Labute approximate surface area is 160 Å². The maximum absolute atomic E-state index is 4.76. The van der Waals surface area contributed by atoms with Gasteiger partial charge in [0.25, 0.3) is 0 Å². The van der Waals surface area contributed by atoms with Crippen molar-refractivity contribution >= 4 is 17.0 Å². The molecule has 0 saturated carbocycles. The molecule has 0 aliphatic carbocycles. The molecule has 0 fully saturated rings. The van der Waals surface area contributed by atoms with Crippen LogP contribution in [0.5, 0.6) is 0 Å². The van der Waals surface area contributed by atoms with Crippen molar-refractivity contribution in [3.63, 3.8) is 0 Å². The Morgan fingerprint density at radius 1 is 1.00 bits per heavy atom. The molecule has 0 radical (unpaired) electrons. The zero-order valence-electron chi connectivity index (χ0n) is 16.2. The van der Waals surface area contributed by atoms with Crippen LogP contribution in [-0.4, -0.2) is 9.55 Å². The molecule has 0 amide bonds. The van der Waals surface area contributed by atoms with Crippen molar-refractivity contribution in [1.82, 2.24) is 9.55 Å². The predicted octanol–water partition coefficient (Wildman–Crippen LogP) is 6.32. The second-order valence-electron chi connectivity index (χ2n) is 7.17. The molecular weight excluding hydrogens is 328 g/mol. The predicted molar refractivity (Wildman–Crippen MR) is 115 cm³/mol. The molecule has 4 rings (SSSR count). The first-order valence-electron chi connectivity index (χ1n) is 9.31. The average molecular weight is 352 g/mol. The lowest BCUT2D eigenvalue weighted by Gasteiger charge is -2.12. The number of aromatic nitrogens is 2. The summed E-state index contributed by atoms with van der Waals surface area (Å²) >= 11 is 0. The molecular formula is C25H24N2. The molecule has 2 heteroatoms. The van der Waals surface area contributed by atoms with Gasteiger partial charge in [0.05, 0.1) is 11.2 Å². The van der Waals surface area contributed by atoms with Gasteiger partial charge >= 0.3 is 0 Å². The summed E-state index contributed by atoms with van der Waals surface area (Å²) in [5.41, 5.74) is 9.71. The number of hydrogen-bond acceptors (Lipinski definition) is 1. The number of hydrogen-bond donors (Lipinski definition) is 0. The van der Waals surface area contributed by atoms with Gasteiger partial charge in [-0.15, -0.1) is 0 Å². The van der Waals surface area contributed by atoms with Gasteiger partial charge in [0.15, 0.2) is 0 Å². The number of fused-ring (bicyclic) bond motifs is 1. The zero-order chi connectivity index (χ0) is 19.0. The van der Waals surface area contributed by atoms with E-state index in [1.165, 1.54) is 33.3 Å². The van der Waals surface area contributed by atoms with E-state index < -0.39 is 0 Å². The van der Waals surface area contributed by atoms with Crippen molar-refractivity contribution in [2.45, 2.75) is 27.3 Å².